The maximum atomic E-state index is 11.8. The third kappa shape index (κ3) is 6.90. The standard InChI is InChI=1S/C30H34O3/c1-4-5-6-7-23-8-12-25(13-9-23)27-16-17-29(26-14-10-24(21-31)11-15-26)28(20-27)18-19-33-30(32)22(2)3/h8-17,20,31H,2,4-7,18-19,21H2,1,3H3. The first-order valence-corrected chi connectivity index (χ1v) is 11.8. The van der Waals surface area contributed by atoms with E-state index in [0.717, 1.165) is 34.2 Å². The lowest BCUT2D eigenvalue weighted by molar-refractivity contribution is -0.138. The first-order chi connectivity index (χ1) is 16.0. The van der Waals surface area contributed by atoms with Crippen LogP contribution in [-0.4, -0.2) is 17.7 Å². The molecule has 0 aliphatic heterocycles. The summed E-state index contributed by atoms with van der Waals surface area (Å²) >= 11 is 0. The van der Waals surface area contributed by atoms with Crippen molar-refractivity contribution in [3.05, 3.63) is 95.6 Å². The topological polar surface area (TPSA) is 46.5 Å². The summed E-state index contributed by atoms with van der Waals surface area (Å²) in [6, 6.07) is 23.2. The van der Waals surface area contributed by atoms with Crippen molar-refractivity contribution in [1.82, 2.24) is 0 Å². The van der Waals surface area contributed by atoms with Gasteiger partial charge in [0.15, 0.2) is 0 Å². The van der Waals surface area contributed by atoms with E-state index in [0.29, 0.717) is 18.6 Å². The fraction of sp³-hybridized carbons (Fsp3) is 0.300. The van der Waals surface area contributed by atoms with Crippen molar-refractivity contribution in [2.24, 2.45) is 0 Å². The molecule has 0 saturated heterocycles. The first kappa shape index (κ1) is 24.5. The lowest BCUT2D eigenvalue weighted by Crippen LogP contribution is -2.08. The van der Waals surface area contributed by atoms with Crippen LogP contribution in [0.2, 0.25) is 0 Å². The molecule has 0 saturated carbocycles. The van der Waals surface area contributed by atoms with Crippen molar-refractivity contribution in [3.63, 3.8) is 0 Å². The summed E-state index contributed by atoms with van der Waals surface area (Å²) < 4.78 is 5.37. The Hall–Kier alpha value is -3.17. The van der Waals surface area contributed by atoms with Crippen LogP contribution in [0.4, 0.5) is 0 Å². The number of aliphatic hydroxyl groups excluding tert-OH is 1. The Morgan fingerprint density at radius 3 is 2.12 bits per heavy atom. The van der Waals surface area contributed by atoms with Crippen molar-refractivity contribution >= 4 is 5.97 Å². The Balaban J connectivity index is 1.86. The van der Waals surface area contributed by atoms with E-state index in [-0.39, 0.29) is 12.6 Å². The Morgan fingerprint density at radius 1 is 0.848 bits per heavy atom. The number of carbonyl (C=O) groups excluding carboxylic acids is 1. The molecule has 0 aliphatic carbocycles. The van der Waals surface area contributed by atoms with Crippen LogP contribution in [0.15, 0.2) is 78.9 Å². The molecule has 3 rings (SSSR count). The summed E-state index contributed by atoms with van der Waals surface area (Å²) in [6.07, 6.45) is 5.46. The van der Waals surface area contributed by atoms with Crippen LogP contribution in [0.3, 0.4) is 0 Å². The average Bonchev–Trinajstić information content (AvgIpc) is 2.84. The predicted molar refractivity (Wildman–Crippen MR) is 136 cm³/mol. The van der Waals surface area contributed by atoms with E-state index >= 15 is 0 Å². The van der Waals surface area contributed by atoms with Gasteiger partial charge in [0.2, 0.25) is 0 Å². The van der Waals surface area contributed by atoms with E-state index < -0.39 is 0 Å². The molecule has 3 heteroatoms. The SMILES string of the molecule is C=C(C)C(=O)OCCc1cc(-c2ccc(CCCCC)cc2)ccc1-c1ccc(CO)cc1. The molecule has 0 spiro atoms. The molecule has 0 aliphatic rings. The Bertz CT molecular complexity index is 1060. The second-order valence-corrected chi connectivity index (χ2v) is 8.55. The van der Waals surface area contributed by atoms with Crippen LogP contribution >= 0.6 is 0 Å². The first-order valence-electron chi connectivity index (χ1n) is 11.8. The highest BCUT2D eigenvalue weighted by atomic mass is 16.5. The smallest absolute Gasteiger partial charge is 0.333 e. The molecule has 3 aromatic rings. The summed E-state index contributed by atoms with van der Waals surface area (Å²) in [4.78, 5) is 11.8. The number of hydrogen-bond acceptors (Lipinski definition) is 3. The van der Waals surface area contributed by atoms with Gasteiger partial charge in [-0.2, -0.15) is 0 Å². The van der Waals surface area contributed by atoms with Crippen LogP contribution in [0.5, 0.6) is 0 Å². The lowest BCUT2D eigenvalue weighted by Gasteiger charge is -2.14. The predicted octanol–water partition coefficient (Wildman–Crippen LogP) is 6.91. The summed E-state index contributed by atoms with van der Waals surface area (Å²) in [5.41, 5.74) is 8.28. The number of aliphatic hydroxyl groups is 1. The zero-order chi connectivity index (χ0) is 23.6. The van der Waals surface area contributed by atoms with Gasteiger partial charge >= 0.3 is 5.97 Å². The van der Waals surface area contributed by atoms with Gasteiger partial charge in [-0.05, 0) is 58.7 Å². The van der Waals surface area contributed by atoms with Crippen LogP contribution in [0, 0.1) is 0 Å². The van der Waals surface area contributed by atoms with Crippen LogP contribution in [0.1, 0.15) is 49.8 Å². The summed E-state index contributed by atoms with van der Waals surface area (Å²) in [5.74, 6) is -0.362. The summed E-state index contributed by atoms with van der Waals surface area (Å²) in [7, 11) is 0. The quantitative estimate of drug-likeness (QED) is 0.199. The summed E-state index contributed by atoms with van der Waals surface area (Å²) in [5, 5.41) is 9.35. The molecular formula is C30H34O3. The van der Waals surface area contributed by atoms with E-state index in [4.69, 9.17) is 4.74 Å². The summed E-state index contributed by atoms with van der Waals surface area (Å²) in [6.45, 7) is 7.86. The van der Waals surface area contributed by atoms with Crippen molar-refractivity contribution in [2.45, 2.75) is 52.6 Å². The lowest BCUT2D eigenvalue weighted by atomic mass is 9.92. The Morgan fingerprint density at radius 2 is 1.48 bits per heavy atom. The molecule has 0 fully saturated rings. The molecule has 0 radical (unpaired) electrons. The number of ether oxygens (including phenoxy) is 1. The second-order valence-electron chi connectivity index (χ2n) is 8.55. The molecule has 33 heavy (non-hydrogen) atoms. The number of aryl methyl sites for hydroxylation is 1. The minimum absolute atomic E-state index is 0.0252. The number of benzene rings is 3. The Labute approximate surface area is 197 Å². The normalized spacial score (nSPS) is 10.8. The van der Waals surface area contributed by atoms with Crippen molar-refractivity contribution in [3.8, 4) is 22.3 Å². The Kier molecular flexibility index (Phi) is 9.03. The molecule has 0 aromatic heterocycles. The van der Waals surface area contributed by atoms with Crippen molar-refractivity contribution in [1.29, 1.82) is 0 Å². The zero-order valence-corrected chi connectivity index (χ0v) is 19.8. The van der Waals surface area contributed by atoms with Gasteiger partial charge in [0.1, 0.15) is 0 Å². The van der Waals surface area contributed by atoms with Crippen LogP contribution in [-0.2, 0) is 29.0 Å². The highest BCUT2D eigenvalue weighted by molar-refractivity contribution is 5.87. The highest BCUT2D eigenvalue weighted by Crippen LogP contribution is 2.30. The van der Waals surface area contributed by atoms with Gasteiger partial charge in [0.05, 0.1) is 13.2 Å². The minimum atomic E-state index is -0.362. The van der Waals surface area contributed by atoms with Crippen LogP contribution < -0.4 is 0 Å². The highest BCUT2D eigenvalue weighted by Gasteiger charge is 2.10. The van der Waals surface area contributed by atoms with E-state index in [2.05, 4.69) is 56.0 Å². The van der Waals surface area contributed by atoms with Crippen molar-refractivity contribution < 1.29 is 14.6 Å². The number of hydrogen-bond donors (Lipinski definition) is 1. The number of carbonyl (C=O) groups is 1. The number of esters is 1. The third-order valence-electron chi connectivity index (χ3n) is 5.86. The maximum absolute atomic E-state index is 11.8. The third-order valence-corrected chi connectivity index (χ3v) is 5.86. The fourth-order valence-electron chi connectivity index (χ4n) is 3.87. The molecule has 172 valence electrons. The molecule has 0 heterocycles. The minimum Gasteiger partial charge on any atom is -0.462 e. The van der Waals surface area contributed by atoms with E-state index in [1.807, 2.05) is 24.3 Å². The van der Waals surface area contributed by atoms with Gasteiger partial charge in [-0.15, -0.1) is 0 Å². The maximum Gasteiger partial charge on any atom is 0.333 e. The molecule has 1 N–H and O–H groups in total. The molecule has 0 bridgehead atoms. The monoisotopic (exact) mass is 442 g/mol. The average molecular weight is 443 g/mol. The van der Waals surface area contributed by atoms with Gasteiger partial charge in [-0.1, -0.05) is 93.1 Å². The van der Waals surface area contributed by atoms with Gasteiger partial charge in [-0.3, -0.25) is 0 Å². The van der Waals surface area contributed by atoms with Crippen LogP contribution in [0.25, 0.3) is 22.3 Å². The number of rotatable bonds is 11. The molecular weight excluding hydrogens is 408 g/mol. The molecule has 0 atom stereocenters. The van der Waals surface area contributed by atoms with Gasteiger partial charge < -0.3 is 9.84 Å². The van der Waals surface area contributed by atoms with E-state index in [1.54, 1.807) is 6.92 Å². The second kappa shape index (κ2) is 12.2. The molecule has 3 nitrogen and oxygen atoms in total. The van der Waals surface area contributed by atoms with Gasteiger partial charge in [0, 0.05) is 12.0 Å². The van der Waals surface area contributed by atoms with Gasteiger partial charge in [-0.25, -0.2) is 4.79 Å². The van der Waals surface area contributed by atoms with E-state index in [1.165, 1.54) is 30.4 Å². The number of unbranched alkanes of at least 4 members (excludes halogenated alkanes) is 2. The van der Waals surface area contributed by atoms with Crippen molar-refractivity contribution in [2.75, 3.05) is 6.61 Å². The zero-order valence-electron chi connectivity index (χ0n) is 19.8. The largest absolute Gasteiger partial charge is 0.462 e. The van der Waals surface area contributed by atoms with E-state index in [9.17, 15) is 9.90 Å². The fourth-order valence-corrected chi connectivity index (χ4v) is 3.87. The molecule has 3 aromatic carbocycles. The molecule has 0 amide bonds. The molecule has 0 unspecified atom stereocenters. The van der Waals surface area contributed by atoms with Gasteiger partial charge in [0.25, 0.3) is 0 Å².